The van der Waals surface area contributed by atoms with Crippen LogP contribution in [0.15, 0.2) is 24.3 Å². The molecule has 2 nitrogen and oxygen atoms in total. The summed E-state index contributed by atoms with van der Waals surface area (Å²) in [4.78, 5) is 0. The Hall–Kier alpha value is -1.07. The molecule has 1 heterocycles. The molecule has 2 rings (SSSR count). The van der Waals surface area contributed by atoms with Crippen molar-refractivity contribution < 1.29 is 13.2 Å². The molecular weight excluding hydrogens is 229 g/mol. The van der Waals surface area contributed by atoms with Gasteiger partial charge in [0.25, 0.3) is 0 Å². The summed E-state index contributed by atoms with van der Waals surface area (Å²) in [5.41, 5.74) is 5.61. The Kier molecular flexibility index (Phi) is 3.14. The smallest absolute Gasteiger partial charge is 0.330 e. The molecule has 0 radical (unpaired) electrons. The van der Waals surface area contributed by atoms with Crippen LogP contribution in [0.5, 0.6) is 0 Å². The van der Waals surface area contributed by atoms with E-state index in [0.717, 1.165) is 37.1 Å². The molecule has 1 aromatic rings. The first kappa shape index (κ1) is 12.4. The lowest BCUT2D eigenvalue weighted by molar-refractivity contribution is -0.137. The van der Waals surface area contributed by atoms with E-state index < -0.39 is 11.7 Å². The molecule has 3 N–H and O–H groups in total. The summed E-state index contributed by atoms with van der Waals surface area (Å²) in [6.45, 7) is 1.41. The fourth-order valence-corrected chi connectivity index (χ4v) is 2.26. The molecule has 0 aromatic heterocycles. The quantitative estimate of drug-likeness (QED) is 0.855. The predicted molar refractivity (Wildman–Crippen MR) is 59.4 cm³/mol. The van der Waals surface area contributed by atoms with Gasteiger partial charge < -0.3 is 11.1 Å². The van der Waals surface area contributed by atoms with Crippen molar-refractivity contribution in [3.05, 3.63) is 35.4 Å². The number of alkyl halides is 3. The number of nitrogens with two attached hydrogens (primary N) is 1. The Bertz CT molecular complexity index is 380. The highest BCUT2D eigenvalue weighted by Gasteiger charge is 2.38. The highest BCUT2D eigenvalue weighted by Crippen LogP contribution is 2.36. The highest BCUT2D eigenvalue weighted by molar-refractivity contribution is 5.31. The lowest BCUT2D eigenvalue weighted by Gasteiger charge is -2.44. The van der Waals surface area contributed by atoms with E-state index in [9.17, 15) is 13.2 Å². The van der Waals surface area contributed by atoms with Crippen molar-refractivity contribution in [3.8, 4) is 0 Å². The van der Waals surface area contributed by atoms with E-state index in [1.165, 1.54) is 0 Å². The molecule has 1 aliphatic heterocycles. The summed E-state index contributed by atoms with van der Waals surface area (Å²) >= 11 is 0. The van der Waals surface area contributed by atoms with Gasteiger partial charge in [0.1, 0.15) is 0 Å². The zero-order valence-corrected chi connectivity index (χ0v) is 9.35. The second-order valence-corrected chi connectivity index (χ2v) is 4.37. The maximum absolute atomic E-state index is 12.4. The molecule has 0 amide bonds. The van der Waals surface area contributed by atoms with E-state index in [1.54, 1.807) is 12.1 Å². The van der Waals surface area contributed by atoms with Gasteiger partial charge in [-0.15, -0.1) is 0 Å². The lowest BCUT2D eigenvalue weighted by Crippen LogP contribution is -2.55. The van der Waals surface area contributed by atoms with Crippen LogP contribution in [0.3, 0.4) is 0 Å². The standard InChI is InChI=1S/C12H15F3N2/c13-12(14,15)10-3-1-9(2-4-10)11(5-7-16)6-8-17-11/h1-4,17H,5-8,16H2. The maximum atomic E-state index is 12.4. The molecular formula is C12H15F3N2. The lowest BCUT2D eigenvalue weighted by atomic mass is 9.78. The van der Waals surface area contributed by atoms with Crippen LogP contribution in [0.4, 0.5) is 13.2 Å². The first-order chi connectivity index (χ1) is 7.98. The van der Waals surface area contributed by atoms with E-state index in [0.29, 0.717) is 6.54 Å². The van der Waals surface area contributed by atoms with Crippen LogP contribution in [0, 0.1) is 0 Å². The summed E-state index contributed by atoms with van der Waals surface area (Å²) < 4.78 is 37.3. The Balaban J connectivity index is 2.23. The molecule has 1 fully saturated rings. The fraction of sp³-hybridized carbons (Fsp3) is 0.500. The zero-order valence-electron chi connectivity index (χ0n) is 9.35. The van der Waals surface area contributed by atoms with Crippen LogP contribution in [-0.2, 0) is 11.7 Å². The Morgan fingerprint density at radius 1 is 1.24 bits per heavy atom. The molecule has 1 atom stereocenters. The van der Waals surface area contributed by atoms with E-state index in [-0.39, 0.29) is 5.54 Å². The van der Waals surface area contributed by atoms with Crippen molar-refractivity contribution in [1.29, 1.82) is 0 Å². The van der Waals surface area contributed by atoms with Crippen molar-refractivity contribution >= 4 is 0 Å². The van der Waals surface area contributed by atoms with Crippen molar-refractivity contribution in [1.82, 2.24) is 5.32 Å². The molecule has 5 heteroatoms. The number of nitrogens with one attached hydrogen (secondary N) is 1. The number of benzene rings is 1. The summed E-state index contributed by atoms with van der Waals surface area (Å²) in [5, 5.41) is 3.27. The first-order valence-corrected chi connectivity index (χ1v) is 5.61. The van der Waals surface area contributed by atoms with Crippen LogP contribution in [0.25, 0.3) is 0 Å². The number of halogens is 3. The van der Waals surface area contributed by atoms with Gasteiger partial charge in [-0.05, 0) is 43.6 Å². The minimum Gasteiger partial charge on any atom is -0.330 e. The van der Waals surface area contributed by atoms with Gasteiger partial charge in [0, 0.05) is 5.54 Å². The Labute approximate surface area is 98.0 Å². The molecule has 1 unspecified atom stereocenters. The molecule has 94 valence electrons. The van der Waals surface area contributed by atoms with E-state index >= 15 is 0 Å². The molecule has 0 spiro atoms. The topological polar surface area (TPSA) is 38.0 Å². The van der Waals surface area contributed by atoms with Crippen LogP contribution in [-0.4, -0.2) is 13.1 Å². The average molecular weight is 244 g/mol. The van der Waals surface area contributed by atoms with Gasteiger partial charge in [-0.3, -0.25) is 0 Å². The second-order valence-electron chi connectivity index (χ2n) is 4.37. The third-order valence-corrected chi connectivity index (χ3v) is 3.35. The van der Waals surface area contributed by atoms with Crippen molar-refractivity contribution in [2.75, 3.05) is 13.1 Å². The largest absolute Gasteiger partial charge is 0.416 e. The minimum atomic E-state index is -4.27. The maximum Gasteiger partial charge on any atom is 0.416 e. The third kappa shape index (κ3) is 2.30. The Morgan fingerprint density at radius 3 is 2.18 bits per heavy atom. The van der Waals surface area contributed by atoms with Crippen LogP contribution < -0.4 is 11.1 Å². The van der Waals surface area contributed by atoms with Crippen molar-refractivity contribution in [2.24, 2.45) is 5.73 Å². The number of rotatable bonds is 3. The molecule has 0 bridgehead atoms. The van der Waals surface area contributed by atoms with E-state index in [1.807, 2.05) is 0 Å². The van der Waals surface area contributed by atoms with Gasteiger partial charge in [-0.2, -0.15) is 13.2 Å². The van der Waals surface area contributed by atoms with Crippen molar-refractivity contribution in [2.45, 2.75) is 24.6 Å². The molecule has 1 saturated heterocycles. The number of hydrogen-bond acceptors (Lipinski definition) is 2. The van der Waals surface area contributed by atoms with E-state index in [4.69, 9.17) is 5.73 Å². The summed E-state index contributed by atoms with van der Waals surface area (Å²) in [5.74, 6) is 0. The van der Waals surface area contributed by atoms with Gasteiger partial charge in [0.05, 0.1) is 5.56 Å². The molecule has 0 aliphatic carbocycles. The van der Waals surface area contributed by atoms with Gasteiger partial charge >= 0.3 is 6.18 Å². The van der Waals surface area contributed by atoms with Gasteiger partial charge in [-0.1, -0.05) is 12.1 Å². The SMILES string of the molecule is NCCC1(c2ccc(C(F)(F)F)cc2)CCN1. The molecule has 17 heavy (non-hydrogen) atoms. The normalized spacial score (nSPS) is 24.5. The zero-order chi connectivity index (χ0) is 12.5. The minimum absolute atomic E-state index is 0.209. The fourth-order valence-electron chi connectivity index (χ4n) is 2.26. The third-order valence-electron chi connectivity index (χ3n) is 3.35. The van der Waals surface area contributed by atoms with Crippen LogP contribution >= 0.6 is 0 Å². The number of hydrogen-bond donors (Lipinski definition) is 2. The predicted octanol–water partition coefficient (Wildman–Crippen LogP) is 2.24. The van der Waals surface area contributed by atoms with Gasteiger partial charge in [0.2, 0.25) is 0 Å². The summed E-state index contributed by atoms with van der Waals surface area (Å²) in [6.07, 6.45) is -2.60. The van der Waals surface area contributed by atoms with Crippen LogP contribution in [0.2, 0.25) is 0 Å². The second kappa shape index (κ2) is 4.31. The highest BCUT2D eigenvalue weighted by atomic mass is 19.4. The first-order valence-electron chi connectivity index (χ1n) is 5.61. The average Bonchev–Trinajstić information content (AvgIpc) is 2.22. The molecule has 1 aliphatic rings. The molecule has 0 saturated carbocycles. The van der Waals surface area contributed by atoms with Crippen molar-refractivity contribution in [3.63, 3.8) is 0 Å². The Morgan fingerprint density at radius 2 is 1.82 bits per heavy atom. The summed E-state index contributed by atoms with van der Waals surface area (Å²) in [6, 6.07) is 5.36. The summed E-state index contributed by atoms with van der Waals surface area (Å²) in [7, 11) is 0. The van der Waals surface area contributed by atoms with Crippen LogP contribution in [0.1, 0.15) is 24.0 Å². The molecule has 1 aromatic carbocycles. The van der Waals surface area contributed by atoms with Gasteiger partial charge in [0.15, 0.2) is 0 Å². The van der Waals surface area contributed by atoms with E-state index in [2.05, 4.69) is 5.32 Å². The van der Waals surface area contributed by atoms with Gasteiger partial charge in [-0.25, -0.2) is 0 Å². The monoisotopic (exact) mass is 244 g/mol.